The molecular weight excluding hydrogens is 526 g/mol. The Labute approximate surface area is 250 Å². The van der Waals surface area contributed by atoms with Crippen LogP contribution in [-0.4, -0.2) is 75.0 Å². The minimum atomic E-state index is -1.21. The highest BCUT2D eigenvalue weighted by atomic mass is 16.6. The molecule has 2 saturated heterocycles. The molecular formula is C34H47N5O3. The molecule has 0 radical (unpaired) electrons. The lowest BCUT2D eigenvalue weighted by Gasteiger charge is -2.55. The van der Waals surface area contributed by atoms with Crippen LogP contribution in [0.4, 0.5) is 4.79 Å². The highest BCUT2D eigenvalue weighted by molar-refractivity contribution is 5.68. The van der Waals surface area contributed by atoms with E-state index in [0.29, 0.717) is 19.0 Å². The van der Waals surface area contributed by atoms with Crippen molar-refractivity contribution >= 4 is 6.09 Å². The van der Waals surface area contributed by atoms with E-state index in [4.69, 9.17) is 4.74 Å². The van der Waals surface area contributed by atoms with Gasteiger partial charge in [-0.2, -0.15) is 5.10 Å². The monoisotopic (exact) mass is 573 g/mol. The van der Waals surface area contributed by atoms with E-state index in [0.717, 1.165) is 47.6 Å². The third-order valence-corrected chi connectivity index (χ3v) is 9.11. The highest BCUT2D eigenvalue weighted by Gasteiger charge is 2.55. The Kier molecular flexibility index (Phi) is 8.00. The maximum absolute atomic E-state index is 12.6. The standard InChI is InChI=1S/C34H47N5O3/c1-22(2)24-9-11-26(12-10-24)34(41,33(7)20-38(8)21-33)27-15-25(17-35-18-27)29-16-30(37-36-29)28-13-14-39(19-23(28)3)31(40)42-32(4,5)6/h9-12,15-18,22-23,28,41H,13-14,19-21H2,1-8H3,(H,36,37)/t23?,28?,34-/m0/s1. The molecule has 0 bridgehead atoms. The van der Waals surface area contributed by atoms with Crippen molar-refractivity contribution in [1.82, 2.24) is 25.0 Å². The zero-order chi connectivity index (χ0) is 30.4. The van der Waals surface area contributed by atoms with Gasteiger partial charge in [-0.25, -0.2) is 4.79 Å². The predicted octanol–water partition coefficient (Wildman–Crippen LogP) is 6.14. The summed E-state index contributed by atoms with van der Waals surface area (Å²) in [5, 5.41) is 20.5. The van der Waals surface area contributed by atoms with E-state index < -0.39 is 11.2 Å². The second-order valence-corrected chi connectivity index (χ2v) is 14.2. The normalized spacial score (nSPS) is 22.5. The van der Waals surface area contributed by atoms with E-state index >= 15 is 0 Å². The summed E-state index contributed by atoms with van der Waals surface area (Å²) < 4.78 is 5.59. The van der Waals surface area contributed by atoms with Crippen molar-refractivity contribution < 1.29 is 14.6 Å². The van der Waals surface area contributed by atoms with Crippen molar-refractivity contribution in [1.29, 1.82) is 0 Å². The first-order valence-electron chi connectivity index (χ1n) is 15.2. The van der Waals surface area contributed by atoms with Crippen LogP contribution in [0.5, 0.6) is 0 Å². The third-order valence-electron chi connectivity index (χ3n) is 9.11. The van der Waals surface area contributed by atoms with Crippen LogP contribution in [0.15, 0.2) is 48.8 Å². The Morgan fingerprint density at radius 2 is 1.81 bits per heavy atom. The van der Waals surface area contributed by atoms with Crippen molar-refractivity contribution in [3.8, 4) is 11.3 Å². The fraction of sp³-hybridized carbons (Fsp3) is 0.559. The number of H-pyrrole nitrogens is 1. The van der Waals surface area contributed by atoms with E-state index in [2.05, 4.69) is 85.2 Å². The largest absolute Gasteiger partial charge is 0.444 e. The first kappa shape index (κ1) is 30.2. The summed E-state index contributed by atoms with van der Waals surface area (Å²) in [4.78, 5) is 21.3. The maximum atomic E-state index is 12.6. The van der Waals surface area contributed by atoms with Gasteiger partial charge in [-0.3, -0.25) is 10.1 Å². The number of rotatable bonds is 6. The number of aromatic nitrogens is 3. The van der Waals surface area contributed by atoms with E-state index in [1.165, 1.54) is 5.56 Å². The second-order valence-electron chi connectivity index (χ2n) is 14.2. The van der Waals surface area contributed by atoms with Crippen molar-refractivity contribution in [2.75, 3.05) is 33.2 Å². The fourth-order valence-corrected chi connectivity index (χ4v) is 6.90. The van der Waals surface area contributed by atoms with Gasteiger partial charge in [-0.05, 0) is 69.3 Å². The molecule has 0 saturated carbocycles. The minimum Gasteiger partial charge on any atom is -0.444 e. The molecule has 2 aliphatic rings. The van der Waals surface area contributed by atoms with Crippen molar-refractivity contribution in [2.24, 2.45) is 11.3 Å². The zero-order valence-corrected chi connectivity index (χ0v) is 26.4. The van der Waals surface area contributed by atoms with Gasteiger partial charge in [0.25, 0.3) is 0 Å². The Morgan fingerprint density at radius 1 is 1.12 bits per heavy atom. The van der Waals surface area contributed by atoms with Crippen LogP contribution < -0.4 is 0 Å². The number of likely N-dealkylation sites (tertiary alicyclic amines) is 2. The maximum Gasteiger partial charge on any atom is 0.410 e. The number of nitrogens with zero attached hydrogens (tertiary/aromatic N) is 4. The summed E-state index contributed by atoms with van der Waals surface area (Å²) in [6, 6.07) is 12.5. The molecule has 2 aliphatic heterocycles. The number of piperidine rings is 1. The Bertz CT molecular complexity index is 1400. The van der Waals surface area contributed by atoms with Gasteiger partial charge in [-0.15, -0.1) is 0 Å². The van der Waals surface area contributed by atoms with Gasteiger partial charge < -0.3 is 19.6 Å². The second kappa shape index (κ2) is 11.1. The molecule has 2 N–H and O–H groups in total. The smallest absolute Gasteiger partial charge is 0.410 e. The number of carbonyl (C=O) groups is 1. The van der Waals surface area contributed by atoms with E-state index in [1.54, 1.807) is 6.20 Å². The first-order chi connectivity index (χ1) is 19.7. The SMILES string of the molecule is CC(C)c1ccc([C@](O)(c2cncc(-c3cc(C4CCN(C(=O)OC(C)(C)C)CC4C)[nH]n3)c2)C2(C)CN(C)C2)cc1. The van der Waals surface area contributed by atoms with Gasteiger partial charge in [-0.1, -0.05) is 52.0 Å². The average Bonchev–Trinajstić information content (AvgIpc) is 3.41. The molecule has 1 aromatic carbocycles. The summed E-state index contributed by atoms with van der Waals surface area (Å²) >= 11 is 0. The summed E-state index contributed by atoms with van der Waals surface area (Å²) in [5.74, 6) is 0.920. The Morgan fingerprint density at radius 3 is 2.40 bits per heavy atom. The van der Waals surface area contributed by atoms with Crippen LogP contribution in [0.2, 0.25) is 0 Å². The molecule has 42 heavy (non-hydrogen) atoms. The fourth-order valence-electron chi connectivity index (χ4n) is 6.90. The number of carbonyl (C=O) groups excluding carboxylic acids is 1. The first-order valence-corrected chi connectivity index (χ1v) is 15.2. The van der Waals surface area contributed by atoms with Crippen LogP contribution in [0.1, 0.15) is 89.1 Å². The predicted molar refractivity (Wildman–Crippen MR) is 165 cm³/mol. The molecule has 226 valence electrons. The van der Waals surface area contributed by atoms with Gasteiger partial charge >= 0.3 is 6.09 Å². The number of hydrogen-bond donors (Lipinski definition) is 2. The molecule has 5 rings (SSSR count). The number of nitrogens with one attached hydrogen (secondary N) is 1. The van der Waals surface area contributed by atoms with Crippen LogP contribution in [0.25, 0.3) is 11.3 Å². The third kappa shape index (κ3) is 5.71. The number of benzene rings is 1. The van der Waals surface area contributed by atoms with Gasteiger partial charge in [0.05, 0.1) is 5.69 Å². The number of aromatic amines is 1. The van der Waals surface area contributed by atoms with Gasteiger partial charge in [0.1, 0.15) is 11.2 Å². The molecule has 0 aliphatic carbocycles. The van der Waals surface area contributed by atoms with Crippen molar-refractivity contribution in [3.63, 3.8) is 0 Å². The van der Waals surface area contributed by atoms with Crippen molar-refractivity contribution in [2.45, 2.75) is 77.9 Å². The summed E-state index contributed by atoms with van der Waals surface area (Å²) in [5.41, 5.74) is 3.55. The number of aliphatic hydroxyl groups is 1. The number of pyridine rings is 1. The lowest BCUT2D eigenvalue weighted by molar-refractivity contribution is -0.127. The lowest BCUT2D eigenvalue weighted by atomic mass is 9.62. The van der Waals surface area contributed by atoms with Gasteiger partial charge in [0.15, 0.2) is 0 Å². The van der Waals surface area contributed by atoms with Gasteiger partial charge in [0, 0.05) is 66.7 Å². The molecule has 3 atom stereocenters. The lowest BCUT2D eigenvalue weighted by Crippen LogP contribution is -2.63. The molecule has 1 amide bonds. The summed E-state index contributed by atoms with van der Waals surface area (Å²) in [6.45, 7) is 17.2. The number of ether oxygens (including phenoxy) is 1. The summed E-state index contributed by atoms with van der Waals surface area (Å²) in [6.07, 6.45) is 4.19. The van der Waals surface area contributed by atoms with Gasteiger partial charge in [0.2, 0.25) is 0 Å². The molecule has 2 fully saturated rings. The van der Waals surface area contributed by atoms with E-state index in [-0.39, 0.29) is 23.3 Å². The van der Waals surface area contributed by atoms with Crippen LogP contribution in [-0.2, 0) is 10.3 Å². The Balaban J connectivity index is 1.40. The molecule has 4 heterocycles. The number of hydrogen-bond acceptors (Lipinski definition) is 6. The molecule has 0 spiro atoms. The van der Waals surface area contributed by atoms with Crippen LogP contribution >= 0.6 is 0 Å². The quantitative estimate of drug-likeness (QED) is 0.368. The Hall–Kier alpha value is -3.23. The molecule has 8 heteroatoms. The van der Waals surface area contributed by atoms with E-state index in [1.807, 2.05) is 37.9 Å². The molecule has 2 unspecified atom stereocenters. The summed E-state index contributed by atoms with van der Waals surface area (Å²) in [7, 11) is 2.09. The van der Waals surface area contributed by atoms with E-state index in [9.17, 15) is 9.90 Å². The minimum absolute atomic E-state index is 0.249. The molecule has 2 aromatic heterocycles. The molecule has 3 aromatic rings. The number of amides is 1. The van der Waals surface area contributed by atoms with Crippen LogP contribution in [0, 0.1) is 11.3 Å². The highest BCUT2D eigenvalue weighted by Crippen LogP contribution is 2.50. The zero-order valence-electron chi connectivity index (χ0n) is 26.4. The average molecular weight is 574 g/mol. The molecule has 8 nitrogen and oxygen atoms in total. The van der Waals surface area contributed by atoms with Crippen molar-refractivity contribution in [3.05, 3.63) is 71.2 Å². The topological polar surface area (TPSA) is 94.6 Å². The van der Waals surface area contributed by atoms with Crippen LogP contribution in [0.3, 0.4) is 0 Å².